The van der Waals surface area contributed by atoms with E-state index in [4.69, 9.17) is 18.5 Å². The molecule has 4 rings (SSSR count). The van der Waals surface area contributed by atoms with E-state index in [-0.39, 0.29) is 49.4 Å². The molecule has 0 aliphatic carbocycles. The number of nitrogens with zero attached hydrogens (tertiary/aromatic N) is 5. The number of carbonyl (C=O) groups excluding carboxylic acids is 1. The first-order valence-corrected chi connectivity index (χ1v) is 14.0. The van der Waals surface area contributed by atoms with Crippen LogP contribution in [0.4, 0.5) is 5.95 Å². The molecule has 1 unspecified atom stereocenters. The van der Waals surface area contributed by atoms with E-state index >= 15 is 0 Å². The van der Waals surface area contributed by atoms with Gasteiger partial charge in [-0.1, -0.05) is 48.5 Å². The lowest BCUT2D eigenvalue weighted by atomic mass is 10.2. The molecule has 0 aliphatic rings. The molecule has 2 aromatic heterocycles. The van der Waals surface area contributed by atoms with Crippen molar-refractivity contribution in [1.29, 1.82) is 0 Å². The SMILES string of the molecule is CN(C)/C=N/c1nc2c(ncn2COCCOP(=O)(NCC(=O)OCc2ccccc2)Oc2ccccc2)c(=O)[nH]1. The zero-order chi connectivity index (χ0) is 29.1. The maximum Gasteiger partial charge on any atom is 0.459 e. The molecule has 0 fully saturated rings. The predicted molar refractivity (Wildman–Crippen MR) is 151 cm³/mol. The molecule has 216 valence electrons. The van der Waals surface area contributed by atoms with Crippen LogP contribution in [0.2, 0.25) is 0 Å². The fraction of sp³-hybridized carbons (Fsp3) is 0.269. The van der Waals surface area contributed by atoms with Gasteiger partial charge in [-0.3, -0.25) is 23.7 Å². The number of nitrogens with one attached hydrogen (secondary N) is 2. The number of benzene rings is 2. The first-order valence-electron chi connectivity index (χ1n) is 12.5. The molecule has 0 saturated carbocycles. The van der Waals surface area contributed by atoms with Crippen LogP contribution in [-0.4, -0.2) is 70.6 Å². The Kier molecular flexibility index (Phi) is 10.3. The van der Waals surface area contributed by atoms with Gasteiger partial charge in [0.1, 0.15) is 25.6 Å². The van der Waals surface area contributed by atoms with Gasteiger partial charge in [0.05, 0.1) is 25.9 Å². The summed E-state index contributed by atoms with van der Waals surface area (Å²) in [6.45, 7) is -0.493. The molecule has 0 bridgehead atoms. The van der Waals surface area contributed by atoms with Gasteiger partial charge in [0.15, 0.2) is 11.2 Å². The molecule has 0 radical (unpaired) electrons. The lowest BCUT2D eigenvalue weighted by molar-refractivity contribution is -0.143. The zero-order valence-corrected chi connectivity index (χ0v) is 23.4. The van der Waals surface area contributed by atoms with Crippen LogP contribution in [0, 0.1) is 0 Å². The van der Waals surface area contributed by atoms with E-state index < -0.39 is 25.8 Å². The van der Waals surface area contributed by atoms with E-state index in [2.05, 4.69) is 25.0 Å². The lowest BCUT2D eigenvalue weighted by Crippen LogP contribution is -2.26. The third-order valence-corrected chi connectivity index (χ3v) is 6.74. The van der Waals surface area contributed by atoms with Crippen molar-refractivity contribution >= 4 is 37.2 Å². The van der Waals surface area contributed by atoms with Crippen molar-refractivity contribution in [2.45, 2.75) is 13.3 Å². The van der Waals surface area contributed by atoms with Crippen molar-refractivity contribution in [1.82, 2.24) is 29.5 Å². The number of H-pyrrole nitrogens is 1. The molecule has 0 aliphatic heterocycles. The van der Waals surface area contributed by atoms with Gasteiger partial charge >= 0.3 is 13.7 Å². The molecule has 41 heavy (non-hydrogen) atoms. The van der Waals surface area contributed by atoms with Crippen molar-refractivity contribution in [3.8, 4) is 5.75 Å². The monoisotopic (exact) mass is 583 g/mol. The second kappa shape index (κ2) is 14.3. The maximum absolute atomic E-state index is 13.4. The van der Waals surface area contributed by atoms with E-state index in [1.165, 1.54) is 17.2 Å². The van der Waals surface area contributed by atoms with E-state index in [0.717, 1.165) is 5.56 Å². The molecule has 2 heterocycles. The number of fused-ring (bicyclic) bond motifs is 1. The molecule has 2 aromatic carbocycles. The Balaban J connectivity index is 1.32. The van der Waals surface area contributed by atoms with E-state index in [9.17, 15) is 14.2 Å². The highest BCUT2D eigenvalue weighted by molar-refractivity contribution is 7.52. The van der Waals surface area contributed by atoms with Crippen molar-refractivity contribution in [3.05, 3.63) is 82.9 Å². The third-order valence-electron chi connectivity index (χ3n) is 5.22. The Morgan fingerprint density at radius 3 is 2.59 bits per heavy atom. The number of rotatable bonds is 15. The summed E-state index contributed by atoms with van der Waals surface area (Å²) in [5.41, 5.74) is 0.809. The fourth-order valence-corrected chi connectivity index (χ4v) is 4.57. The van der Waals surface area contributed by atoms with E-state index in [1.807, 2.05) is 30.3 Å². The van der Waals surface area contributed by atoms with Gasteiger partial charge in [-0.2, -0.15) is 4.98 Å². The summed E-state index contributed by atoms with van der Waals surface area (Å²) in [7, 11) is -0.409. The quantitative estimate of drug-likeness (QED) is 0.0696. The number of aromatic nitrogens is 4. The van der Waals surface area contributed by atoms with Gasteiger partial charge in [0.2, 0.25) is 5.95 Å². The molecule has 0 spiro atoms. The number of aliphatic imine (C=N–C) groups is 1. The minimum atomic E-state index is -3.99. The Labute approximate surface area is 235 Å². The first kappa shape index (κ1) is 29.6. The van der Waals surface area contributed by atoms with Gasteiger partial charge in [-0.15, -0.1) is 0 Å². The minimum absolute atomic E-state index is 0.00320. The van der Waals surface area contributed by atoms with Gasteiger partial charge < -0.3 is 18.9 Å². The van der Waals surface area contributed by atoms with Crippen LogP contribution in [0.1, 0.15) is 5.56 Å². The Morgan fingerprint density at radius 1 is 1.12 bits per heavy atom. The summed E-state index contributed by atoms with van der Waals surface area (Å²) < 4.78 is 36.9. The predicted octanol–water partition coefficient (Wildman–Crippen LogP) is 2.85. The summed E-state index contributed by atoms with van der Waals surface area (Å²) in [5.74, 6) is -0.223. The van der Waals surface area contributed by atoms with Crippen LogP contribution in [0.15, 0.2) is 76.8 Å². The largest absolute Gasteiger partial charge is 0.460 e. The summed E-state index contributed by atoms with van der Waals surface area (Å²) in [6.07, 6.45) is 2.92. The highest BCUT2D eigenvalue weighted by atomic mass is 31.2. The summed E-state index contributed by atoms with van der Waals surface area (Å²) in [5, 5.41) is 2.54. The highest BCUT2D eigenvalue weighted by Crippen LogP contribution is 2.43. The number of ether oxygens (including phenoxy) is 2. The molecular formula is C26H30N7O7P. The van der Waals surface area contributed by atoms with Crippen LogP contribution < -0.4 is 15.2 Å². The second-order valence-electron chi connectivity index (χ2n) is 8.74. The molecule has 1 atom stereocenters. The number of aromatic amines is 1. The van der Waals surface area contributed by atoms with E-state index in [0.29, 0.717) is 0 Å². The first-order chi connectivity index (χ1) is 19.8. The van der Waals surface area contributed by atoms with Crippen molar-refractivity contribution < 1.29 is 27.9 Å². The van der Waals surface area contributed by atoms with Crippen LogP contribution >= 0.6 is 7.75 Å². The number of carbonyl (C=O) groups is 1. The van der Waals surface area contributed by atoms with Crippen molar-refractivity contribution in [2.75, 3.05) is 33.9 Å². The van der Waals surface area contributed by atoms with Crippen LogP contribution in [0.3, 0.4) is 0 Å². The molecule has 14 nitrogen and oxygen atoms in total. The zero-order valence-electron chi connectivity index (χ0n) is 22.5. The van der Waals surface area contributed by atoms with Crippen molar-refractivity contribution in [3.63, 3.8) is 0 Å². The summed E-state index contributed by atoms with van der Waals surface area (Å²) in [6, 6.07) is 17.6. The molecular weight excluding hydrogens is 553 g/mol. The third kappa shape index (κ3) is 9.08. The maximum atomic E-state index is 13.4. The summed E-state index contributed by atoms with van der Waals surface area (Å²) >= 11 is 0. The number of para-hydroxylation sites is 1. The van der Waals surface area contributed by atoms with Crippen LogP contribution in [0.5, 0.6) is 5.75 Å². The smallest absolute Gasteiger partial charge is 0.459 e. The molecule has 0 amide bonds. The number of imidazole rings is 1. The molecule has 0 saturated heterocycles. The van der Waals surface area contributed by atoms with Crippen LogP contribution in [-0.2, 0) is 36.7 Å². The Hall–Kier alpha value is -4.36. The van der Waals surface area contributed by atoms with Gasteiger partial charge in [0.25, 0.3) is 5.56 Å². The molecule has 15 heteroatoms. The molecule has 2 N–H and O–H groups in total. The van der Waals surface area contributed by atoms with Gasteiger partial charge in [-0.05, 0) is 17.7 Å². The average Bonchev–Trinajstić information content (AvgIpc) is 3.38. The Bertz CT molecular complexity index is 1560. The van der Waals surface area contributed by atoms with Gasteiger partial charge in [0, 0.05) is 14.1 Å². The normalized spacial score (nSPS) is 12.8. The topological polar surface area (TPSA) is 162 Å². The summed E-state index contributed by atoms with van der Waals surface area (Å²) in [4.78, 5) is 41.3. The average molecular weight is 584 g/mol. The Morgan fingerprint density at radius 2 is 1.85 bits per heavy atom. The van der Waals surface area contributed by atoms with Crippen molar-refractivity contribution in [2.24, 2.45) is 4.99 Å². The van der Waals surface area contributed by atoms with Crippen LogP contribution in [0.25, 0.3) is 11.2 Å². The minimum Gasteiger partial charge on any atom is -0.460 e. The number of hydrogen-bond donors (Lipinski definition) is 2. The number of esters is 1. The number of hydrogen-bond acceptors (Lipinski definition) is 10. The van der Waals surface area contributed by atoms with Gasteiger partial charge in [-0.25, -0.2) is 19.6 Å². The standard InChI is InChI=1S/C26H30N7O7P/c1-32(2)17-28-26-30-24-23(25(35)31-26)27-18-33(24)19-37-13-14-39-41(36,40-21-11-7-4-8-12-21)29-15-22(34)38-16-20-9-5-3-6-10-20/h3-12,17-18H,13-16,19H2,1-2H3,(H,29,36)(H,30,31,35)/b28-17+. The van der Waals surface area contributed by atoms with E-state index in [1.54, 1.807) is 49.3 Å². The second-order valence-corrected chi connectivity index (χ2v) is 10.5. The lowest BCUT2D eigenvalue weighted by Gasteiger charge is -2.19. The molecule has 4 aromatic rings. The fourth-order valence-electron chi connectivity index (χ4n) is 3.32. The highest BCUT2D eigenvalue weighted by Gasteiger charge is 2.27.